The van der Waals surface area contributed by atoms with E-state index in [1.165, 1.54) is 0 Å². The number of likely N-dealkylation sites (N-methyl/N-ethyl adjacent to an activating group) is 1. The molecule has 1 aromatic heterocycles. The van der Waals surface area contributed by atoms with Crippen molar-refractivity contribution in [3.05, 3.63) is 60.4 Å². The Morgan fingerprint density at radius 1 is 1.26 bits per heavy atom. The maximum absolute atomic E-state index is 12.6. The van der Waals surface area contributed by atoms with E-state index in [2.05, 4.69) is 32.8 Å². The van der Waals surface area contributed by atoms with Gasteiger partial charge >= 0.3 is 6.03 Å². The summed E-state index contributed by atoms with van der Waals surface area (Å²) in [7, 11) is 3.70. The highest BCUT2D eigenvalue weighted by molar-refractivity contribution is 5.91. The van der Waals surface area contributed by atoms with Crippen molar-refractivity contribution in [3.8, 4) is 22.6 Å². The van der Waals surface area contributed by atoms with E-state index < -0.39 is 0 Å². The van der Waals surface area contributed by atoms with Gasteiger partial charge in [-0.3, -0.25) is 5.10 Å². The molecule has 3 aromatic rings. The second kappa shape index (κ2) is 9.53. The number of carbonyl (C=O) groups is 1. The number of aromatic nitrogens is 2. The number of benzene rings is 2. The van der Waals surface area contributed by atoms with Crippen LogP contribution < -0.4 is 20.1 Å². The van der Waals surface area contributed by atoms with Crippen LogP contribution in [0, 0.1) is 0 Å². The average Bonchev–Trinajstić information content (AvgIpc) is 3.46. The first-order valence-electron chi connectivity index (χ1n) is 10.3. The molecule has 0 spiro atoms. The van der Waals surface area contributed by atoms with E-state index in [-0.39, 0.29) is 12.1 Å². The molecule has 3 N–H and O–H groups in total. The van der Waals surface area contributed by atoms with Crippen LogP contribution in [-0.4, -0.2) is 54.5 Å². The number of nitrogens with zero attached hydrogens (tertiary/aromatic N) is 2. The van der Waals surface area contributed by atoms with E-state index in [1.54, 1.807) is 13.3 Å². The summed E-state index contributed by atoms with van der Waals surface area (Å²) in [4.78, 5) is 14.8. The predicted octanol–water partition coefficient (Wildman–Crippen LogP) is 3.49. The van der Waals surface area contributed by atoms with Crippen LogP contribution in [0.15, 0.2) is 54.9 Å². The maximum atomic E-state index is 12.6. The van der Waals surface area contributed by atoms with Gasteiger partial charge in [0, 0.05) is 31.4 Å². The zero-order chi connectivity index (χ0) is 21.6. The minimum atomic E-state index is -0.299. The van der Waals surface area contributed by atoms with Crippen molar-refractivity contribution in [1.29, 1.82) is 0 Å². The van der Waals surface area contributed by atoms with Crippen LogP contribution in [-0.2, 0) is 6.54 Å². The van der Waals surface area contributed by atoms with Gasteiger partial charge in [0.1, 0.15) is 17.6 Å². The van der Waals surface area contributed by atoms with Gasteiger partial charge in [-0.1, -0.05) is 18.2 Å². The summed E-state index contributed by atoms with van der Waals surface area (Å²) < 4.78 is 11.5. The summed E-state index contributed by atoms with van der Waals surface area (Å²) >= 11 is 0. The lowest BCUT2D eigenvalue weighted by Crippen LogP contribution is -2.29. The molecule has 31 heavy (non-hydrogen) atoms. The Morgan fingerprint density at radius 3 is 2.90 bits per heavy atom. The molecule has 162 valence electrons. The van der Waals surface area contributed by atoms with Crippen LogP contribution >= 0.6 is 0 Å². The number of H-pyrrole nitrogens is 1. The standard InChI is InChI=1S/C23H27N5O3/c1-28-9-8-20(15-28)31-22-11-17(18-13-25-26-14-18)6-7-21(22)27-23(29)24-12-16-4-3-5-19(10-16)30-2/h3-7,10-11,13-14,20H,8-9,12,15H2,1-2H3,(H,25,26)(H2,24,27,29). The van der Waals surface area contributed by atoms with Crippen LogP contribution in [0.2, 0.25) is 0 Å². The Labute approximate surface area is 181 Å². The number of carbonyl (C=O) groups excluding carboxylic acids is 1. The van der Waals surface area contributed by atoms with Crippen LogP contribution in [0.25, 0.3) is 11.1 Å². The molecule has 1 fully saturated rings. The smallest absolute Gasteiger partial charge is 0.319 e. The molecule has 2 heterocycles. The summed E-state index contributed by atoms with van der Waals surface area (Å²) in [6, 6.07) is 13.0. The molecule has 0 radical (unpaired) electrons. The highest BCUT2D eigenvalue weighted by atomic mass is 16.5. The second-order valence-corrected chi connectivity index (χ2v) is 7.65. The number of likely N-dealkylation sites (tertiary alicyclic amines) is 1. The summed E-state index contributed by atoms with van der Waals surface area (Å²) in [5.41, 5.74) is 3.51. The van der Waals surface area contributed by atoms with E-state index in [4.69, 9.17) is 9.47 Å². The summed E-state index contributed by atoms with van der Waals surface area (Å²) in [5, 5.41) is 12.7. The molecular formula is C23H27N5O3. The number of hydrogen-bond acceptors (Lipinski definition) is 5. The molecule has 0 aliphatic carbocycles. The van der Waals surface area contributed by atoms with E-state index >= 15 is 0 Å². The number of rotatable bonds is 7. The fraction of sp³-hybridized carbons (Fsp3) is 0.304. The topological polar surface area (TPSA) is 91.5 Å². The molecule has 2 amide bonds. The third-order valence-corrected chi connectivity index (χ3v) is 5.29. The largest absolute Gasteiger partial charge is 0.497 e. The highest BCUT2D eigenvalue weighted by Crippen LogP contribution is 2.32. The van der Waals surface area contributed by atoms with Gasteiger partial charge in [-0.05, 0) is 48.9 Å². The number of aromatic amines is 1. The molecule has 4 rings (SSSR count). The van der Waals surface area contributed by atoms with Gasteiger partial charge in [0.15, 0.2) is 0 Å². The van der Waals surface area contributed by atoms with Gasteiger partial charge in [0.2, 0.25) is 0 Å². The average molecular weight is 422 g/mol. The van der Waals surface area contributed by atoms with Crippen molar-refractivity contribution in [2.45, 2.75) is 19.1 Å². The third-order valence-electron chi connectivity index (χ3n) is 5.29. The molecule has 0 saturated carbocycles. The molecule has 8 nitrogen and oxygen atoms in total. The van der Waals surface area contributed by atoms with E-state index in [9.17, 15) is 4.79 Å². The molecular weight excluding hydrogens is 394 g/mol. The predicted molar refractivity (Wildman–Crippen MR) is 119 cm³/mol. The van der Waals surface area contributed by atoms with E-state index in [0.29, 0.717) is 18.0 Å². The van der Waals surface area contributed by atoms with Crippen molar-refractivity contribution in [1.82, 2.24) is 20.4 Å². The number of anilines is 1. The molecule has 1 aliphatic heterocycles. The minimum absolute atomic E-state index is 0.0880. The molecule has 1 saturated heterocycles. The van der Waals surface area contributed by atoms with Gasteiger partial charge < -0.3 is 25.0 Å². The highest BCUT2D eigenvalue weighted by Gasteiger charge is 2.22. The van der Waals surface area contributed by atoms with Crippen molar-refractivity contribution < 1.29 is 14.3 Å². The summed E-state index contributed by atoms with van der Waals surface area (Å²) in [6.07, 6.45) is 4.63. The first-order valence-corrected chi connectivity index (χ1v) is 10.3. The monoisotopic (exact) mass is 421 g/mol. The van der Waals surface area contributed by atoms with Crippen molar-refractivity contribution in [3.63, 3.8) is 0 Å². The van der Waals surface area contributed by atoms with E-state index in [1.807, 2.05) is 48.7 Å². The van der Waals surface area contributed by atoms with Crippen LogP contribution in [0.5, 0.6) is 11.5 Å². The Balaban J connectivity index is 1.47. The Kier molecular flexibility index (Phi) is 6.37. The maximum Gasteiger partial charge on any atom is 0.319 e. The van der Waals surface area contributed by atoms with Gasteiger partial charge in [0.05, 0.1) is 19.0 Å². The molecule has 1 aliphatic rings. The fourth-order valence-electron chi connectivity index (χ4n) is 3.61. The number of amides is 2. The molecule has 1 atom stereocenters. The lowest BCUT2D eigenvalue weighted by molar-refractivity contribution is 0.209. The zero-order valence-electron chi connectivity index (χ0n) is 17.7. The Hall–Kier alpha value is -3.52. The Morgan fingerprint density at radius 2 is 2.16 bits per heavy atom. The van der Waals surface area contributed by atoms with Gasteiger partial charge in [-0.2, -0.15) is 5.10 Å². The lowest BCUT2D eigenvalue weighted by Gasteiger charge is -2.18. The van der Waals surface area contributed by atoms with Gasteiger partial charge in [0.25, 0.3) is 0 Å². The number of hydrogen-bond donors (Lipinski definition) is 3. The number of nitrogens with one attached hydrogen (secondary N) is 3. The van der Waals surface area contributed by atoms with Crippen LogP contribution in [0.1, 0.15) is 12.0 Å². The first kappa shape index (κ1) is 20.7. The lowest BCUT2D eigenvalue weighted by atomic mass is 10.1. The van der Waals surface area contributed by atoms with Crippen molar-refractivity contribution in [2.75, 3.05) is 32.6 Å². The van der Waals surface area contributed by atoms with Crippen molar-refractivity contribution >= 4 is 11.7 Å². The quantitative estimate of drug-likeness (QED) is 0.543. The first-order chi connectivity index (χ1) is 15.1. The number of methoxy groups -OCH3 is 1. The van der Waals surface area contributed by atoms with Gasteiger partial charge in [-0.25, -0.2) is 4.79 Å². The molecule has 1 unspecified atom stereocenters. The second-order valence-electron chi connectivity index (χ2n) is 7.65. The zero-order valence-corrected chi connectivity index (χ0v) is 17.7. The normalized spacial score (nSPS) is 16.1. The fourth-order valence-corrected chi connectivity index (χ4v) is 3.61. The van der Waals surface area contributed by atoms with Crippen molar-refractivity contribution in [2.24, 2.45) is 0 Å². The van der Waals surface area contributed by atoms with Gasteiger partial charge in [-0.15, -0.1) is 0 Å². The molecule has 2 aromatic carbocycles. The van der Waals surface area contributed by atoms with E-state index in [0.717, 1.165) is 42.0 Å². The number of ether oxygens (including phenoxy) is 2. The third kappa shape index (κ3) is 5.35. The van der Waals surface area contributed by atoms with Crippen LogP contribution in [0.3, 0.4) is 0 Å². The molecule has 8 heteroatoms. The number of urea groups is 1. The summed E-state index contributed by atoms with van der Waals surface area (Å²) in [6.45, 7) is 2.24. The minimum Gasteiger partial charge on any atom is -0.497 e. The SMILES string of the molecule is COc1cccc(CNC(=O)Nc2ccc(-c3cn[nH]c3)cc2OC2CCN(C)C2)c1. The molecule has 0 bridgehead atoms. The Bertz CT molecular complexity index is 1020. The van der Waals surface area contributed by atoms with Crippen LogP contribution in [0.4, 0.5) is 10.5 Å². The summed E-state index contributed by atoms with van der Waals surface area (Å²) in [5.74, 6) is 1.40.